The van der Waals surface area contributed by atoms with Crippen LogP contribution in [0.25, 0.3) is 10.6 Å². The van der Waals surface area contributed by atoms with E-state index < -0.39 is 0 Å². The monoisotopic (exact) mass is 304 g/mol. The molecule has 0 spiro atoms. The summed E-state index contributed by atoms with van der Waals surface area (Å²) in [7, 11) is 0. The Morgan fingerprint density at radius 3 is 2.86 bits per heavy atom. The Morgan fingerprint density at radius 2 is 2.24 bits per heavy atom. The van der Waals surface area contributed by atoms with Crippen molar-refractivity contribution in [2.45, 2.75) is 20.3 Å². The molecule has 2 rings (SSSR count). The predicted molar refractivity (Wildman–Crippen MR) is 85.5 cm³/mol. The molecule has 0 fully saturated rings. The second-order valence-electron chi connectivity index (χ2n) is 5.13. The first-order valence-corrected chi connectivity index (χ1v) is 7.90. The van der Waals surface area contributed by atoms with Gasteiger partial charge in [-0.05, 0) is 42.8 Å². The minimum Gasteiger partial charge on any atom is -0.396 e. The van der Waals surface area contributed by atoms with Crippen LogP contribution in [0.15, 0.2) is 29.6 Å². The summed E-state index contributed by atoms with van der Waals surface area (Å²) < 4.78 is 0. The van der Waals surface area contributed by atoms with Crippen molar-refractivity contribution in [3.63, 3.8) is 0 Å². The Kier molecular flexibility index (Phi) is 5.47. The molecule has 0 aliphatic rings. The maximum absolute atomic E-state index is 12.2. The third kappa shape index (κ3) is 4.12. The second-order valence-corrected chi connectivity index (χ2v) is 6.08. The number of nitrogens with one attached hydrogen (secondary N) is 1. The summed E-state index contributed by atoms with van der Waals surface area (Å²) in [6.07, 6.45) is 0.689. The molecule has 0 bridgehead atoms. The smallest absolute Gasteiger partial charge is 0.253 e. The molecule has 5 heteroatoms. The maximum atomic E-state index is 12.2. The third-order valence-corrected chi connectivity index (χ3v) is 4.23. The molecule has 2 N–H and O–H groups in total. The van der Waals surface area contributed by atoms with E-state index in [-0.39, 0.29) is 18.4 Å². The van der Waals surface area contributed by atoms with Gasteiger partial charge in [0.1, 0.15) is 0 Å². The largest absolute Gasteiger partial charge is 0.396 e. The summed E-state index contributed by atoms with van der Waals surface area (Å²) in [5, 5.41) is 13.8. The molecule has 2 heterocycles. The SMILES string of the molecule is Cc1nc(-c2cccs2)ccc1C(=O)NCC(C)CCO. The van der Waals surface area contributed by atoms with E-state index in [0.717, 1.165) is 16.3 Å². The zero-order valence-corrected chi connectivity index (χ0v) is 13.1. The fraction of sp³-hybridized carbons (Fsp3) is 0.375. The van der Waals surface area contributed by atoms with Gasteiger partial charge in [0.15, 0.2) is 0 Å². The number of amides is 1. The van der Waals surface area contributed by atoms with Gasteiger partial charge in [-0.2, -0.15) is 0 Å². The molecule has 21 heavy (non-hydrogen) atoms. The molecule has 2 aromatic heterocycles. The Bertz CT molecular complexity index is 596. The molecule has 112 valence electrons. The minimum atomic E-state index is -0.109. The summed E-state index contributed by atoms with van der Waals surface area (Å²) in [5.41, 5.74) is 2.23. The van der Waals surface area contributed by atoms with Gasteiger partial charge in [-0.15, -0.1) is 11.3 Å². The van der Waals surface area contributed by atoms with Gasteiger partial charge in [-0.1, -0.05) is 13.0 Å². The topological polar surface area (TPSA) is 62.2 Å². The molecule has 0 saturated carbocycles. The lowest BCUT2D eigenvalue weighted by Crippen LogP contribution is -2.29. The van der Waals surface area contributed by atoms with Crippen molar-refractivity contribution in [3.05, 3.63) is 40.9 Å². The van der Waals surface area contributed by atoms with Crippen LogP contribution in [0.5, 0.6) is 0 Å². The summed E-state index contributed by atoms with van der Waals surface area (Å²) in [5.74, 6) is 0.153. The van der Waals surface area contributed by atoms with E-state index in [4.69, 9.17) is 5.11 Å². The molecule has 0 radical (unpaired) electrons. The average Bonchev–Trinajstić information content (AvgIpc) is 2.99. The van der Waals surface area contributed by atoms with Crippen molar-refractivity contribution < 1.29 is 9.90 Å². The van der Waals surface area contributed by atoms with Crippen LogP contribution in [0, 0.1) is 12.8 Å². The number of aromatic nitrogens is 1. The second kappa shape index (κ2) is 7.33. The van der Waals surface area contributed by atoms with E-state index in [0.29, 0.717) is 18.5 Å². The number of rotatable bonds is 6. The minimum absolute atomic E-state index is 0.109. The van der Waals surface area contributed by atoms with E-state index >= 15 is 0 Å². The molecular formula is C16H20N2O2S. The highest BCUT2D eigenvalue weighted by atomic mass is 32.1. The number of hydrogen-bond donors (Lipinski definition) is 2. The first-order valence-electron chi connectivity index (χ1n) is 7.02. The molecule has 0 aliphatic heterocycles. The van der Waals surface area contributed by atoms with Gasteiger partial charge in [0.25, 0.3) is 5.91 Å². The van der Waals surface area contributed by atoms with Crippen molar-refractivity contribution in [1.82, 2.24) is 10.3 Å². The van der Waals surface area contributed by atoms with Crippen LogP contribution >= 0.6 is 11.3 Å². The quantitative estimate of drug-likeness (QED) is 0.862. The van der Waals surface area contributed by atoms with E-state index in [1.165, 1.54) is 0 Å². The highest BCUT2D eigenvalue weighted by Crippen LogP contribution is 2.23. The third-order valence-electron chi connectivity index (χ3n) is 3.34. The standard InChI is InChI=1S/C16H20N2O2S/c1-11(7-8-19)10-17-16(20)13-5-6-14(18-12(13)2)15-4-3-9-21-15/h3-6,9,11,19H,7-8,10H2,1-2H3,(H,17,20). The van der Waals surface area contributed by atoms with E-state index in [2.05, 4.69) is 10.3 Å². The van der Waals surface area contributed by atoms with Crippen LogP contribution in [0.3, 0.4) is 0 Å². The lowest BCUT2D eigenvalue weighted by Gasteiger charge is -2.12. The first kappa shape index (κ1) is 15.7. The van der Waals surface area contributed by atoms with Crippen LogP contribution in [0.2, 0.25) is 0 Å². The zero-order chi connectivity index (χ0) is 15.2. The normalized spacial score (nSPS) is 12.1. The fourth-order valence-electron chi connectivity index (χ4n) is 2.05. The Labute approximate surface area is 128 Å². The van der Waals surface area contributed by atoms with Gasteiger partial charge in [-0.3, -0.25) is 9.78 Å². The lowest BCUT2D eigenvalue weighted by molar-refractivity contribution is 0.0944. The molecule has 4 nitrogen and oxygen atoms in total. The number of nitrogens with zero attached hydrogens (tertiary/aromatic N) is 1. The summed E-state index contributed by atoms with van der Waals surface area (Å²) >= 11 is 1.63. The fourth-order valence-corrected chi connectivity index (χ4v) is 2.74. The number of carbonyl (C=O) groups excluding carboxylic acids is 1. The van der Waals surface area contributed by atoms with Crippen molar-refractivity contribution >= 4 is 17.2 Å². The van der Waals surface area contributed by atoms with E-state index in [9.17, 15) is 4.79 Å². The number of thiophene rings is 1. The highest BCUT2D eigenvalue weighted by Gasteiger charge is 2.12. The molecular weight excluding hydrogens is 284 g/mol. The van der Waals surface area contributed by atoms with Crippen LogP contribution < -0.4 is 5.32 Å². The molecule has 0 aromatic carbocycles. The van der Waals surface area contributed by atoms with E-state index in [1.807, 2.05) is 43.5 Å². The number of hydrogen-bond acceptors (Lipinski definition) is 4. The van der Waals surface area contributed by atoms with Gasteiger partial charge >= 0.3 is 0 Å². The Morgan fingerprint density at radius 1 is 1.43 bits per heavy atom. The maximum Gasteiger partial charge on any atom is 0.253 e. The van der Waals surface area contributed by atoms with Crippen LogP contribution in [0.1, 0.15) is 29.4 Å². The number of aryl methyl sites for hydroxylation is 1. The van der Waals surface area contributed by atoms with Crippen molar-refractivity contribution in [2.24, 2.45) is 5.92 Å². The summed E-state index contributed by atoms with van der Waals surface area (Å²) in [6.45, 7) is 4.56. The molecule has 0 aliphatic carbocycles. The van der Waals surface area contributed by atoms with Crippen LogP contribution in [-0.2, 0) is 0 Å². The number of carbonyl (C=O) groups is 1. The highest BCUT2D eigenvalue weighted by molar-refractivity contribution is 7.13. The number of aliphatic hydroxyl groups excluding tert-OH is 1. The zero-order valence-electron chi connectivity index (χ0n) is 12.3. The van der Waals surface area contributed by atoms with Gasteiger partial charge < -0.3 is 10.4 Å². The number of pyridine rings is 1. The van der Waals surface area contributed by atoms with Gasteiger partial charge in [0.2, 0.25) is 0 Å². The predicted octanol–water partition coefficient (Wildman–Crippen LogP) is 2.87. The summed E-state index contributed by atoms with van der Waals surface area (Å²) in [6, 6.07) is 7.71. The lowest BCUT2D eigenvalue weighted by atomic mass is 10.1. The first-order chi connectivity index (χ1) is 10.1. The summed E-state index contributed by atoms with van der Waals surface area (Å²) in [4.78, 5) is 17.8. The van der Waals surface area contributed by atoms with Gasteiger partial charge in [-0.25, -0.2) is 0 Å². The average molecular weight is 304 g/mol. The van der Waals surface area contributed by atoms with Crippen molar-refractivity contribution in [3.8, 4) is 10.6 Å². The molecule has 1 unspecified atom stereocenters. The molecule has 0 saturated heterocycles. The molecule has 1 atom stereocenters. The Balaban J connectivity index is 2.05. The molecule has 1 amide bonds. The molecule has 2 aromatic rings. The van der Waals surface area contributed by atoms with E-state index in [1.54, 1.807) is 11.3 Å². The Hall–Kier alpha value is -1.72. The van der Waals surface area contributed by atoms with Crippen LogP contribution in [0.4, 0.5) is 0 Å². The van der Waals surface area contributed by atoms with Crippen molar-refractivity contribution in [1.29, 1.82) is 0 Å². The number of aliphatic hydroxyl groups is 1. The van der Waals surface area contributed by atoms with Crippen LogP contribution in [-0.4, -0.2) is 29.1 Å². The van der Waals surface area contributed by atoms with Gasteiger partial charge in [0.05, 0.1) is 21.8 Å². The van der Waals surface area contributed by atoms with Gasteiger partial charge in [0, 0.05) is 13.2 Å². The van der Waals surface area contributed by atoms with Crippen molar-refractivity contribution in [2.75, 3.05) is 13.2 Å².